The first-order valence-corrected chi connectivity index (χ1v) is 9.49. The van der Waals surface area contributed by atoms with Gasteiger partial charge in [0.15, 0.2) is 6.61 Å². The summed E-state index contributed by atoms with van der Waals surface area (Å²) in [5.74, 6) is -1.21. The van der Waals surface area contributed by atoms with E-state index in [1.54, 1.807) is 36.4 Å². The molecule has 2 aromatic rings. The Hall–Kier alpha value is -3.88. The van der Waals surface area contributed by atoms with E-state index >= 15 is 0 Å². The lowest BCUT2D eigenvalue weighted by Crippen LogP contribution is -2.21. The maximum absolute atomic E-state index is 12.0. The van der Waals surface area contributed by atoms with E-state index in [0.717, 1.165) is 0 Å². The molecule has 2 N–H and O–H groups in total. The van der Waals surface area contributed by atoms with Crippen LogP contribution < -0.4 is 15.4 Å². The summed E-state index contributed by atoms with van der Waals surface area (Å²) in [7, 11) is 2.81. The van der Waals surface area contributed by atoms with Gasteiger partial charge in [-0.05, 0) is 42.8 Å². The van der Waals surface area contributed by atoms with Crippen molar-refractivity contribution in [3.8, 4) is 5.75 Å². The van der Waals surface area contributed by atoms with E-state index in [4.69, 9.17) is 9.47 Å². The van der Waals surface area contributed by atoms with Crippen LogP contribution in [-0.2, 0) is 23.9 Å². The number of esters is 2. The molecule has 0 aliphatic carbocycles. The first-order valence-electron chi connectivity index (χ1n) is 9.49. The SMILES string of the molecule is COC(=O)c1ccc(NC(=O)CCCC(=O)OCC(=O)Nc2cccc(OC)c2)cc1. The zero-order valence-corrected chi connectivity index (χ0v) is 17.3. The molecular weight excluding hydrogens is 404 g/mol. The van der Waals surface area contributed by atoms with Crippen molar-refractivity contribution in [1.29, 1.82) is 0 Å². The van der Waals surface area contributed by atoms with Gasteiger partial charge >= 0.3 is 11.9 Å². The molecule has 0 bridgehead atoms. The fourth-order valence-corrected chi connectivity index (χ4v) is 2.54. The lowest BCUT2D eigenvalue weighted by atomic mass is 10.2. The van der Waals surface area contributed by atoms with Gasteiger partial charge in [-0.2, -0.15) is 0 Å². The molecule has 9 nitrogen and oxygen atoms in total. The van der Waals surface area contributed by atoms with Crippen LogP contribution in [0.2, 0.25) is 0 Å². The molecule has 164 valence electrons. The second kappa shape index (κ2) is 12.0. The van der Waals surface area contributed by atoms with Gasteiger partial charge in [0.05, 0.1) is 19.8 Å². The number of carbonyl (C=O) groups is 4. The Labute approximate surface area is 179 Å². The highest BCUT2D eigenvalue weighted by Crippen LogP contribution is 2.16. The lowest BCUT2D eigenvalue weighted by Gasteiger charge is -2.08. The Morgan fingerprint density at radius 1 is 0.839 bits per heavy atom. The zero-order valence-electron chi connectivity index (χ0n) is 17.3. The monoisotopic (exact) mass is 428 g/mol. The predicted octanol–water partition coefficient (Wildman–Crippen LogP) is 2.77. The van der Waals surface area contributed by atoms with Crippen molar-refractivity contribution >= 4 is 35.1 Å². The van der Waals surface area contributed by atoms with E-state index < -0.39 is 24.5 Å². The number of anilines is 2. The van der Waals surface area contributed by atoms with Crippen molar-refractivity contribution in [3.05, 3.63) is 54.1 Å². The average Bonchev–Trinajstić information content (AvgIpc) is 2.77. The smallest absolute Gasteiger partial charge is 0.337 e. The largest absolute Gasteiger partial charge is 0.497 e. The number of hydrogen-bond acceptors (Lipinski definition) is 7. The standard InChI is InChI=1S/C22H24N2O7/c1-29-18-6-3-5-17(13-18)24-20(26)14-31-21(27)8-4-7-19(25)23-16-11-9-15(10-12-16)22(28)30-2/h3,5-6,9-13H,4,7-8,14H2,1-2H3,(H,23,25)(H,24,26). The van der Waals surface area contributed by atoms with Gasteiger partial charge in [0.25, 0.3) is 5.91 Å². The summed E-state index contributed by atoms with van der Waals surface area (Å²) < 4.78 is 14.6. The third-order valence-corrected chi connectivity index (χ3v) is 4.09. The zero-order chi connectivity index (χ0) is 22.6. The van der Waals surface area contributed by atoms with Gasteiger partial charge in [0, 0.05) is 30.3 Å². The summed E-state index contributed by atoms with van der Waals surface area (Å²) in [6.07, 6.45) is 0.368. The van der Waals surface area contributed by atoms with Gasteiger partial charge in [-0.1, -0.05) is 6.07 Å². The van der Waals surface area contributed by atoms with Gasteiger partial charge in [-0.25, -0.2) is 4.79 Å². The fourth-order valence-electron chi connectivity index (χ4n) is 2.54. The summed E-state index contributed by atoms with van der Waals surface area (Å²) in [6, 6.07) is 13.0. The van der Waals surface area contributed by atoms with Crippen molar-refractivity contribution in [2.24, 2.45) is 0 Å². The Bertz CT molecular complexity index is 926. The number of methoxy groups -OCH3 is 2. The van der Waals surface area contributed by atoms with Crippen LogP contribution >= 0.6 is 0 Å². The molecule has 0 aromatic heterocycles. The van der Waals surface area contributed by atoms with E-state index in [1.165, 1.54) is 26.4 Å². The van der Waals surface area contributed by atoms with E-state index in [9.17, 15) is 19.2 Å². The molecule has 2 aromatic carbocycles. The summed E-state index contributed by atoms with van der Waals surface area (Å²) in [6.45, 7) is -0.422. The summed E-state index contributed by atoms with van der Waals surface area (Å²) in [5, 5.41) is 5.27. The molecule has 2 amide bonds. The van der Waals surface area contributed by atoms with Crippen LogP contribution in [0.5, 0.6) is 5.75 Å². The Morgan fingerprint density at radius 3 is 2.23 bits per heavy atom. The van der Waals surface area contributed by atoms with E-state index in [0.29, 0.717) is 22.7 Å². The molecule has 0 atom stereocenters. The predicted molar refractivity (Wildman–Crippen MR) is 113 cm³/mol. The Balaban J connectivity index is 1.65. The quantitative estimate of drug-likeness (QED) is 0.558. The normalized spacial score (nSPS) is 10.0. The lowest BCUT2D eigenvalue weighted by molar-refractivity contribution is -0.147. The first kappa shape index (κ1) is 23.4. The number of amides is 2. The Morgan fingerprint density at radius 2 is 1.55 bits per heavy atom. The molecule has 0 unspecified atom stereocenters. The van der Waals surface area contributed by atoms with Gasteiger partial charge in [0.2, 0.25) is 5.91 Å². The van der Waals surface area contributed by atoms with Crippen molar-refractivity contribution in [1.82, 2.24) is 0 Å². The summed E-state index contributed by atoms with van der Waals surface area (Å²) >= 11 is 0. The molecule has 0 aliphatic heterocycles. The fraction of sp³-hybridized carbons (Fsp3) is 0.273. The van der Waals surface area contributed by atoms with E-state index in [1.807, 2.05) is 0 Å². The first-order chi connectivity index (χ1) is 14.9. The van der Waals surface area contributed by atoms with Crippen LogP contribution in [0.4, 0.5) is 11.4 Å². The minimum Gasteiger partial charge on any atom is -0.497 e. The van der Waals surface area contributed by atoms with Crippen LogP contribution in [0.1, 0.15) is 29.6 Å². The minimum absolute atomic E-state index is 0.00113. The summed E-state index contributed by atoms with van der Waals surface area (Å²) in [4.78, 5) is 47.0. The highest BCUT2D eigenvalue weighted by Gasteiger charge is 2.11. The second-order valence-corrected chi connectivity index (χ2v) is 6.41. The van der Waals surface area contributed by atoms with E-state index in [2.05, 4.69) is 15.4 Å². The van der Waals surface area contributed by atoms with Crippen LogP contribution in [0.15, 0.2) is 48.5 Å². The third kappa shape index (κ3) is 8.17. The van der Waals surface area contributed by atoms with Crippen LogP contribution in [-0.4, -0.2) is 44.6 Å². The maximum atomic E-state index is 12.0. The van der Waals surface area contributed by atoms with Gasteiger partial charge < -0.3 is 24.8 Å². The van der Waals surface area contributed by atoms with Crippen LogP contribution in [0.25, 0.3) is 0 Å². The highest BCUT2D eigenvalue weighted by molar-refractivity contribution is 5.94. The minimum atomic E-state index is -0.573. The van der Waals surface area contributed by atoms with Crippen molar-refractivity contribution < 1.29 is 33.4 Å². The molecule has 2 rings (SSSR count). The molecule has 0 aliphatic rings. The molecule has 31 heavy (non-hydrogen) atoms. The highest BCUT2D eigenvalue weighted by atomic mass is 16.5. The second-order valence-electron chi connectivity index (χ2n) is 6.41. The molecule has 0 fully saturated rings. The van der Waals surface area contributed by atoms with Gasteiger partial charge in [-0.15, -0.1) is 0 Å². The molecular formula is C22H24N2O7. The molecule has 0 spiro atoms. The van der Waals surface area contributed by atoms with Gasteiger partial charge in [-0.3, -0.25) is 14.4 Å². The number of benzene rings is 2. The van der Waals surface area contributed by atoms with Crippen molar-refractivity contribution in [2.75, 3.05) is 31.5 Å². The number of nitrogens with one attached hydrogen (secondary N) is 2. The molecule has 0 saturated carbocycles. The van der Waals surface area contributed by atoms with Crippen LogP contribution in [0, 0.1) is 0 Å². The molecule has 0 saturated heterocycles. The van der Waals surface area contributed by atoms with Crippen molar-refractivity contribution in [2.45, 2.75) is 19.3 Å². The van der Waals surface area contributed by atoms with E-state index in [-0.39, 0.29) is 25.2 Å². The van der Waals surface area contributed by atoms with Crippen molar-refractivity contribution in [3.63, 3.8) is 0 Å². The third-order valence-electron chi connectivity index (χ3n) is 4.09. The number of ether oxygens (including phenoxy) is 3. The average molecular weight is 428 g/mol. The number of rotatable bonds is 10. The van der Waals surface area contributed by atoms with Crippen LogP contribution in [0.3, 0.4) is 0 Å². The molecule has 0 radical (unpaired) electrons. The molecule has 0 heterocycles. The summed E-state index contributed by atoms with van der Waals surface area (Å²) in [5.41, 5.74) is 1.42. The maximum Gasteiger partial charge on any atom is 0.337 e. The topological polar surface area (TPSA) is 120 Å². The number of carbonyl (C=O) groups excluding carboxylic acids is 4. The molecule has 9 heteroatoms. The van der Waals surface area contributed by atoms with Gasteiger partial charge in [0.1, 0.15) is 5.75 Å². The Kier molecular flexibility index (Phi) is 9.03. The number of hydrogen-bond donors (Lipinski definition) is 2.